The molecule has 3 aromatic carbocycles. The van der Waals surface area contributed by atoms with Gasteiger partial charge in [-0.15, -0.1) is 10.2 Å². The molecule has 1 heterocycles. The standard InChI is InChI=1S/C22H18FN5O3S/c1-30-17-9-13(10-18(12-17)31-2)21(29)25-22(32)24-15-5-8-19-20(11-15)27-28(26-19)16-6-3-14(23)4-7-16/h3-12H,1-2H3,(H2,24,25,29,32). The molecular formula is C22H18FN5O3S. The fraction of sp³-hybridized carbons (Fsp3) is 0.0909. The highest BCUT2D eigenvalue weighted by molar-refractivity contribution is 7.80. The van der Waals surface area contributed by atoms with Gasteiger partial charge in [0.1, 0.15) is 28.3 Å². The van der Waals surface area contributed by atoms with Gasteiger partial charge in [0.15, 0.2) is 5.11 Å². The maximum atomic E-state index is 13.1. The second kappa shape index (κ2) is 8.98. The Morgan fingerprint density at radius 3 is 2.25 bits per heavy atom. The molecule has 0 aliphatic heterocycles. The summed E-state index contributed by atoms with van der Waals surface area (Å²) in [6, 6.07) is 16.0. The van der Waals surface area contributed by atoms with Crippen molar-refractivity contribution in [1.82, 2.24) is 20.3 Å². The van der Waals surface area contributed by atoms with Crippen LogP contribution in [0.25, 0.3) is 16.7 Å². The van der Waals surface area contributed by atoms with Crippen molar-refractivity contribution in [2.75, 3.05) is 19.5 Å². The summed E-state index contributed by atoms with van der Waals surface area (Å²) in [6.07, 6.45) is 0. The van der Waals surface area contributed by atoms with Gasteiger partial charge in [-0.25, -0.2) is 4.39 Å². The molecule has 0 aliphatic carbocycles. The zero-order valence-corrected chi connectivity index (χ0v) is 17.9. The first-order valence-electron chi connectivity index (χ1n) is 9.43. The van der Waals surface area contributed by atoms with Crippen molar-refractivity contribution in [2.45, 2.75) is 0 Å². The summed E-state index contributed by atoms with van der Waals surface area (Å²) in [7, 11) is 3.01. The minimum absolute atomic E-state index is 0.113. The number of nitrogens with zero attached hydrogens (tertiary/aromatic N) is 3. The van der Waals surface area contributed by atoms with Gasteiger partial charge in [-0.2, -0.15) is 4.80 Å². The molecule has 0 saturated heterocycles. The number of carbonyl (C=O) groups is 1. The van der Waals surface area contributed by atoms with E-state index in [1.54, 1.807) is 48.5 Å². The molecule has 8 nitrogen and oxygen atoms in total. The Labute approximate surface area is 187 Å². The third-order valence-corrected chi connectivity index (χ3v) is 4.74. The summed E-state index contributed by atoms with van der Waals surface area (Å²) in [4.78, 5) is 14.0. The molecular weight excluding hydrogens is 433 g/mol. The maximum Gasteiger partial charge on any atom is 0.257 e. The highest BCUT2D eigenvalue weighted by Gasteiger charge is 2.12. The number of halogens is 1. The van der Waals surface area contributed by atoms with Crippen LogP contribution in [0.15, 0.2) is 60.7 Å². The number of aromatic nitrogens is 3. The molecule has 0 unspecified atom stereocenters. The van der Waals surface area contributed by atoms with E-state index >= 15 is 0 Å². The lowest BCUT2D eigenvalue weighted by Gasteiger charge is -2.11. The summed E-state index contributed by atoms with van der Waals surface area (Å²) in [6.45, 7) is 0. The predicted octanol–water partition coefficient (Wildman–Crippen LogP) is 3.70. The lowest BCUT2D eigenvalue weighted by Crippen LogP contribution is -2.34. The van der Waals surface area contributed by atoms with Crippen LogP contribution >= 0.6 is 12.2 Å². The molecule has 0 atom stereocenters. The summed E-state index contributed by atoms with van der Waals surface area (Å²) in [5.74, 6) is 0.231. The van der Waals surface area contributed by atoms with Crippen molar-refractivity contribution in [3.05, 3.63) is 72.0 Å². The van der Waals surface area contributed by atoms with E-state index in [0.29, 0.717) is 39.5 Å². The number of ether oxygens (including phenoxy) is 2. The Balaban J connectivity index is 1.47. The second-order valence-electron chi connectivity index (χ2n) is 6.68. The number of anilines is 1. The maximum absolute atomic E-state index is 13.1. The largest absolute Gasteiger partial charge is 0.497 e. The molecule has 162 valence electrons. The fourth-order valence-corrected chi connectivity index (χ4v) is 3.17. The van der Waals surface area contributed by atoms with Crippen molar-refractivity contribution in [1.29, 1.82) is 0 Å². The van der Waals surface area contributed by atoms with E-state index in [9.17, 15) is 9.18 Å². The minimum atomic E-state index is -0.414. The lowest BCUT2D eigenvalue weighted by atomic mass is 10.2. The molecule has 0 radical (unpaired) electrons. The molecule has 2 N–H and O–H groups in total. The van der Waals surface area contributed by atoms with E-state index in [2.05, 4.69) is 20.8 Å². The van der Waals surface area contributed by atoms with Gasteiger partial charge in [0.25, 0.3) is 5.91 Å². The number of rotatable bonds is 5. The summed E-state index contributed by atoms with van der Waals surface area (Å²) in [5.41, 5.74) is 2.85. The van der Waals surface area contributed by atoms with Gasteiger partial charge in [-0.05, 0) is 66.8 Å². The number of hydrogen-bond donors (Lipinski definition) is 2. The van der Waals surface area contributed by atoms with Crippen LogP contribution in [-0.4, -0.2) is 40.2 Å². The van der Waals surface area contributed by atoms with Crippen LogP contribution in [0.3, 0.4) is 0 Å². The monoisotopic (exact) mass is 451 g/mol. The minimum Gasteiger partial charge on any atom is -0.497 e. The van der Waals surface area contributed by atoms with Gasteiger partial charge >= 0.3 is 0 Å². The molecule has 1 amide bonds. The molecule has 1 aromatic heterocycles. The lowest BCUT2D eigenvalue weighted by molar-refractivity contribution is 0.0977. The third-order valence-electron chi connectivity index (χ3n) is 4.54. The number of amides is 1. The van der Waals surface area contributed by atoms with Crippen LogP contribution in [0.5, 0.6) is 11.5 Å². The molecule has 0 aliphatic rings. The first-order chi connectivity index (χ1) is 15.4. The predicted molar refractivity (Wildman–Crippen MR) is 122 cm³/mol. The van der Waals surface area contributed by atoms with Crippen LogP contribution in [-0.2, 0) is 0 Å². The number of nitrogens with one attached hydrogen (secondary N) is 2. The van der Waals surface area contributed by atoms with E-state index in [-0.39, 0.29) is 10.9 Å². The quantitative estimate of drug-likeness (QED) is 0.447. The van der Waals surface area contributed by atoms with Crippen LogP contribution in [0.2, 0.25) is 0 Å². The van der Waals surface area contributed by atoms with E-state index in [1.165, 1.54) is 31.1 Å². The summed E-state index contributed by atoms with van der Waals surface area (Å²) >= 11 is 5.27. The Morgan fingerprint density at radius 2 is 1.59 bits per heavy atom. The van der Waals surface area contributed by atoms with Crippen LogP contribution in [0.4, 0.5) is 10.1 Å². The van der Waals surface area contributed by atoms with Crippen molar-refractivity contribution in [2.24, 2.45) is 0 Å². The average Bonchev–Trinajstić information content (AvgIpc) is 3.22. The zero-order valence-electron chi connectivity index (χ0n) is 17.1. The Hall–Kier alpha value is -4.05. The Morgan fingerprint density at radius 1 is 0.938 bits per heavy atom. The molecule has 32 heavy (non-hydrogen) atoms. The van der Waals surface area contributed by atoms with Gasteiger partial charge in [0, 0.05) is 17.3 Å². The fourth-order valence-electron chi connectivity index (χ4n) is 2.96. The zero-order chi connectivity index (χ0) is 22.7. The number of fused-ring (bicyclic) bond motifs is 1. The highest BCUT2D eigenvalue weighted by atomic mass is 32.1. The number of methoxy groups -OCH3 is 2. The summed E-state index contributed by atoms with van der Waals surface area (Å²) in [5, 5.41) is 14.5. The number of carbonyl (C=O) groups excluding carboxylic acids is 1. The Bertz CT molecular complexity index is 1280. The third kappa shape index (κ3) is 4.65. The van der Waals surface area contributed by atoms with Crippen LogP contribution in [0.1, 0.15) is 10.4 Å². The van der Waals surface area contributed by atoms with E-state index in [1.807, 2.05) is 0 Å². The first-order valence-corrected chi connectivity index (χ1v) is 9.84. The summed E-state index contributed by atoms with van der Waals surface area (Å²) < 4.78 is 23.5. The van der Waals surface area contributed by atoms with Gasteiger partial charge in [-0.3, -0.25) is 10.1 Å². The molecule has 4 rings (SSSR count). The molecule has 0 bridgehead atoms. The van der Waals surface area contributed by atoms with Gasteiger partial charge < -0.3 is 14.8 Å². The van der Waals surface area contributed by atoms with Gasteiger partial charge in [0.2, 0.25) is 0 Å². The number of thiocarbonyl (C=S) groups is 1. The van der Waals surface area contributed by atoms with Crippen LogP contribution < -0.4 is 20.1 Å². The SMILES string of the molecule is COc1cc(OC)cc(C(=O)NC(=S)Nc2ccc3nn(-c4ccc(F)cc4)nc3c2)c1. The normalized spacial score (nSPS) is 10.6. The topological polar surface area (TPSA) is 90.3 Å². The van der Waals surface area contributed by atoms with Gasteiger partial charge in [0.05, 0.1) is 19.9 Å². The van der Waals surface area contributed by atoms with E-state index in [0.717, 1.165) is 0 Å². The van der Waals surface area contributed by atoms with Crippen molar-refractivity contribution >= 4 is 40.0 Å². The Kier molecular flexibility index (Phi) is 5.95. The molecule has 10 heteroatoms. The van der Waals surface area contributed by atoms with Crippen molar-refractivity contribution in [3.8, 4) is 17.2 Å². The smallest absolute Gasteiger partial charge is 0.257 e. The first kappa shape index (κ1) is 21.2. The van der Waals surface area contributed by atoms with E-state index < -0.39 is 5.91 Å². The highest BCUT2D eigenvalue weighted by Crippen LogP contribution is 2.22. The van der Waals surface area contributed by atoms with Crippen LogP contribution in [0, 0.1) is 5.82 Å². The molecule has 0 fully saturated rings. The van der Waals surface area contributed by atoms with Crippen molar-refractivity contribution < 1.29 is 18.7 Å². The van der Waals surface area contributed by atoms with E-state index in [4.69, 9.17) is 21.7 Å². The molecule has 4 aromatic rings. The van der Waals surface area contributed by atoms with Crippen molar-refractivity contribution in [3.63, 3.8) is 0 Å². The molecule has 0 spiro atoms. The second-order valence-corrected chi connectivity index (χ2v) is 7.09. The number of hydrogen-bond acceptors (Lipinski definition) is 6. The average molecular weight is 451 g/mol. The van der Waals surface area contributed by atoms with Gasteiger partial charge in [-0.1, -0.05) is 0 Å². The number of benzene rings is 3. The molecule has 0 saturated carbocycles.